The van der Waals surface area contributed by atoms with Crippen LogP contribution in [0.3, 0.4) is 0 Å². The predicted octanol–water partition coefficient (Wildman–Crippen LogP) is 4.71. The lowest BCUT2D eigenvalue weighted by atomic mass is 9.95. The molecule has 3 aromatic heterocycles. The largest absolute Gasteiger partial charge is 0.387 e. The summed E-state index contributed by atoms with van der Waals surface area (Å²) in [6.45, 7) is 0. The second kappa shape index (κ2) is 6.06. The minimum Gasteiger partial charge on any atom is -0.387 e. The first-order chi connectivity index (χ1) is 12.8. The fourth-order valence-corrected chi connectivity index (χ4v) is 5.26. The van der Waals surface area contributed by atoms with E-state index in [0.29, 0.717) is 4.70 Å². The van der Waals surface area contributed by atoms with Crippen molar-refractivity contribution in [2.45, 2.75) is 38.1 Å². The molecule has 1 aromatic carbocycles. The summed E-state index contributed by atoms with van der Waals surface area (Å²) in [7, 11) is 1.91. The Balaban J connectivity index is 1.83. The Morgan fingerprint density at radius 3 is 2.81 bits per heavy atom. The zero-order valence-electron chi connectivity index (χ0n) is 14.7. The third-order valence-electron chi connectivity index (χ3n) is 5.47. The smallest absolute Gasteiger partial charge is 0.271 e. The van der Waals surface area contributed by atoms with E-state index >= 15 is 0 Å². The number of anilines is 1. The van der Waals surface area contributed by atoms with Gasteiger partial charge >= 0.3 is 0 Å². The zero-order valence-corrected chi connectivity index (χ0v) is 15.5. The standard InChI is InChI=1S/C20H20N4OS/c1-21-16-13-9-5-6-10-14(13)23-19-15(16)17-18(26-19)20(25)24(11-22-17)12-7-3-2-4-8-12/h5-6,9-12H,2-4,7-8H2,1H3,(H,21,23). The van der Waals surface area contributed by atoms with E-state index in [4.69, 9.17) is 9.97 Å². The highest BCUT2D eigenvalue weighted by Gasteiger charge is 2.21. The maximum Gasteiger partial charge on any atom is 0.271 e. The molecule has 3 heterocycles. The van der Waals surface area contributed by atoms with E-state index in [9.17, 15) is 4.79 Å². The summed E-state index contributed by atoms with van der Waals surface area (Å²) in [5.74, 6) is 0. The van der Waals surface area contributed by atoms with Crippen LogP contribution in [-0.2, 0) is 0 Å². The molecule has 0 amide bonds. The van der Waals surface area contributed by atoms with Crippen LogP contribution in [0.4, 0.5) is 5.69 Å². The highest BCUT2D eigenvalue weighted by atomic mass is 32.1. The van der Waals surface area contributed by atoms with Gasteiger partial charge in [-0.3, -0.25) is 9.36 Å². The monoisotopic (exact) mass is 364 g/mol. The van der Waals surface area contributed by atoms with Crippen LogP contribution in [0.5, 0.6) is 0 Å². The average Bonchev–Trinajstić information content (AvgIpc) is 3.06. The Kier molecular flexibility index (Phi) is 3.67. The van der Waals surface area contributed by atoms with Gasteiger partial charge < -0.3 is 5.32 Å². The van der Waals surface area contributed by atoms with Crippen molar-refractivity contribution in [3.05, 3.63) is 40.9 Å². The van der Waals surface area contributed by atoms with E-state index < -0.39 is 0 Å². The van der Waals surface area contributed by atoms with Crippen LogP contribution in [0.25, 0.3) is 31.3 Å². The lowest BCUT2D eigenvalue weighted by Gasteiger charge is -2.23. The van der Waals surface area contributed by atoms with Crippen molar-refractivity contribution < 1.29 is 0 Å². The van der Waals surface area contributed by atoms with Crippen molar-refractivity contribution in [3.63, 3.8) is 0 Å². The summed E-state index contributed by atoms with van der Waals surface area (Å²) < 4.78 is 2.57. The van der Waals surface area contributed by atoms with Crippen molar-refractivity contribution >= 4 is 48.4 Å². The fourth-order valence-electron chi connectivity index (χ4n) is 4.18. The number of para-hydroxylation sites is 1. The summed E-state index contributed by atoms with van der Waals surface area (Å²) in [6.07, 6.45) is 7.55. The second-order valence-electron chi connectivity index (χ2n) is 6.96. The van der Waals surface area contributed by atoms with Gasteiger partial charge in [0, 0.05) is 18.5 Å². The van der Waals surface area contributed by atoms with Crippen molar-refractivity contribution in [1.82, 2.24) is 14.5 Å². The molecule has 0 atom stereocenters. The summed E-state index contributed by atoms with van der Waals surface area (Å²) in [5.41, 5.74) is 2.78. The molecule has 1 saturated carbocycles. The maximum atomic E-state index is 13.2. The van der Waals surface area contributed by atoms with Crippen LogP contribution in [-0.4, -0.2) is 21.6 Å². The third-order valence-corrected chi connectivity index (χ3v) is 6.53. The number of fused-ring (bicyclic) bond motifs is 4. The summed E-state index contributed by atoms with van der Waals surface area (Å²) >= 11 is 1.46. The molecule has 0 aliphatic heterocycles. The Morgan fingerprint density at radius 2 is 2.00 bits per heavy atom. The number of nitrogens with zero attached hydrogens (tertiary/aromatic N) is 3. The molecule has 1 N–H and O–H groups in total. The van der Waals surface area contributed by atoms with Gasteiger partial charge in [0.1, 0.15) is 9.53 Å². The number of benzene rings is 1. The Morgan fingerprint density at radius 1 is 1.19 bits per heavy atom. The van der Waals surface area contributed by atoms with Crippen molar-refractivity contribution in [3.8, 4) is 0 Å². The van der Waals surface area contributed by atoms with E-state index in [1.165, 1.54) is 30.6 Å². The van der Waals surface area contributed by atoms with Crippen LogP contribution in [0.15, 0.2) is 35.4 Å². The van der Waals surface area contributed by atoms with Gasteiger partial charge in [0.25, 0.3) is 5.56 Å². The molecule has 0 spiro atoms. The number of hydrogen-bond acceptors (Lipinski definition) is 5. The number of pyridine rings is 1. The summed E-state index contributed by atoms with van der Waals surface area (Å²) in [6, 6.07) is 8.35. The maximum absolute atomic E-state index is 13.2. The first kappa shape index (κ1) is 15.8. The average molecular weight is 364 g/mol. The number of hydrogen-bond donors (Lipinski definition) is 1. The van der Waals surface area contributed by atoms with Crippen molar-refractivity contribution in [2.24, 2.45) is 0 Å². The lowest BCUT2D eigenvalue weighted by Crippen LogP contribution is -2.26. The third kappa shape index (κ3) is 2.25. The van der Waals surface area contributed by atoms with Gasteiger partial charge in [-0.25, -0.2) is 9.97 Å². The minimum absolute atomic E-state index is 0.0796. The topological polar surface area (TPSA) is 59.8 Å². The minimum atomic E-state index is 0.0796. The molecule has 4 aromatic rings. The van der Waals surface area contributed by atoms with E-state index in [-0.39, 0.29) is 11.6 Å². The van der Waals surface area contributed by atoms with Gasteiger partial charge in [0.2, 0.25) is 0 Å². The van der Waals surface area contributed by atoms with E-state index in [0.717, 1.165) is 45.2 Å². The number of aromatic nitrogens is 3. The quantitative estimate of drug-likeness (QED) is 0.560. The SMILES string of the molecule is CNc1c2ccccc2nc2sc3c(=O)n(C4CCCCC4)cnc3c12. The molecule has 0 saturated heterocycles. The number of thiophene rings is 1. The van der Waals surface area contributed by atoms with Gasteiger partial charge in [0.05, 0.1) is 28.4 Å². The summed E-state index contributed by atoms with van der Waals surface area (Å²) in [4.78, 5) is 23.6. The van der Waals surface area contributed by atoms with Gasteiger partial charge in [-0.2, -0.15) is 0 Å². The second-order valence-corrected chi connectivity index (χ2v) is 7.96. The molecule has 5 nitrogen and oxygen atoms in total. The summed E-state index contributed by atoms with van der Waals surface area (Å²) in [5, 5.41) is 5.32. The van der Waals surface area contributed by atoms with Crippen LogP contribution in [0.2, 0.25) is 0 Å². The van der Waals surface area contributed by atoms with Gasteiger partial charge in [-0.05, 0) is 18.9 Å². The van der Waals surface area contributed by atoms with Gasteiger partial charge in [0.15, 0.2) is 0 Å². The van der Waals surface area contributed by atoms with Crippen LogP contribution < -0.4 is 10.9 Å². The molecule has 5 rings (SSSR count). The highest BCUT2D eigenvalue weighted by molar-refractivity contribution is 7.25. The predicted molar refractivity (Wildman–Crippen MR) is 108 cm³/mol. The van der Waals surface area contributed by atoms with E-state index in [1.54, 1.807) is 6.33 Å². The van der Waals surface area contributed by atoms with Crippen molar-refractivity contribution in [1.29, 1.82) is 0 Å². The van der Waals surface area contributed by atoms with Crippen LogP contribution in [0.1, 0.15) is 38.1 Å². The molecular formula is C20H20N4OS. The molecule has 6 heteroatoms. The normalized spacial score (nSPS) is 15.9. The highest BCUT2D eigenvalue weighted by Crippen LogP contribution is 2.39. The zero-order chi connectivity index (χ0) is 17.7. The van der Waals surface area contributed by atoms with E-state index in [1.807, 2.05) is 29.8 Å². The first-order valence-electron chi connectivity index (χ1n) is 9.18. The number of rotatable bonds is 2. The fraction of sp³-hybridized carbons (Fsp3) is 0.350. The molecule has 1 aliphatic rings. The molecule has 132 valence electrons. The Bertz CT molecular complexity index is 1190. The molecule has 0 unspecified atom stereocenters. The number of nitrogens with one attached hydrogen (secondary N) is 1. The lowest BCUT2D eigenvalue weighted by molar-refractivity contribution is 0.345. The molecular weight excluding hydrogens is 344 g/mol. The van der Waals surface area contributed by atoms with Gasteiger partial charge in [-0.15, -0.1) is 11.3 Å². The van der Waals surface area contributed by atoms with Crippen LogP contribution in [0, 0.1) is 0 Å². The Labute approximate surface area is 154 Å². The molecule has 0 radical (unpaired) electrons. The molecule has 0 bridgehead atoms. The van der Waals surface area contributed by atoms with E-state index in [2.05, 4.69) is 11.4 Å². The van der Waals surface area contributed by atoms with Crippen molar-refractivity contribution in [2.75, 3.05) is 12.4 Å². The van der Waals surface area contributed by atoms with Crippen LogP contribution >= 0.6 is 11.3 Å². The first-order valence-corrected chi connectivity index (χ1v) is 9.99. The molecule has 1 fully saturated rings. The van der Waals surface area contributed by atoms with Gasteiger partial charge in [-0.1, -0.05) is 37.5 Å². The Hall–Kier alpha value is -2.47. The molecule has 1 aliphatic carbocycles. The molecule has 26 heavy (non-hydrogen) atoms.